The van der Waals surface area contributed by atoms with Crippen molar-refractivity contribution in [3.8, 4) is 0 Å². The zero-order valence-electron chi connectivity index (χ0n) is 10.2. The monoisotopic (exact) mass is 388 g/mol. The summed E-state index contributed by atoms with van der Waals surface area (Å²) in [5.41, 5.74) is 0. The molecule has 0 spiro atoms. The zero-order chi connectivity index (χ0) is 15.3. The number of carbonyl (C=O) groups is 2. The van der Waals surface area contributed by atoms with Crippen LogP contribution >= 0.6 is 15.2 Å². The predicted octanol–water partition coefficient (Wildman–Crippen LogP) is -11.5. The van der Waals surface area contributed by atoms with Crippen LogP contribution in [-0.4, -0.2) is 53.4 Å². The fraction of sp³-hybridized carbons (Fsp3) is 0.500. The third-order valence-corrected chi connectivity index (χ3v) is 2.75. The molecule has 0 aromatic carbocycles. The molecule has 108 valence electrons. The molecule has 2 unspecified atom stereocenters. The summed E-state index contributed by atoms with van der Waals surface area (Å²) in [4.78, 5) is 50.6. The SMILES string of the molecule is O=C([O-])C(O)P(=O)(O)O.O=C([O-])C(O)P(=O)(O)O.[K+].[K+]. The maximum Gasteiger partial charge on any atom is 1.00 e. The minimum atomic E-state index is -4.92. The van der Waals surface area contributed by atoms with E-state index in [9.17, 15) is 28.9 Å². The quantitative estimate of drug-likeness (QED) is 0.194. The molecule has 16 heteroatoms. The molecule has 0 aliphatic heterocycles. The van der Waals surface area contributed by atoms with Gasteiger partial charge in [-0.1, -0.05) is 0 Å². The number of aliphatic carboxylic acids is 2. The number of hydrogen-bond donors (Lipinski definition) is 6. The zero-order valence-corrected chi connectivity index (χ0v) is 18.2. The summed E-state index contributed by atoms with van der Waals surface area (Å²) < 4.78 is 19.6. The van der Waals surface area contributed by atoms with E-state index in [0.717, 1.165) is 0 Å². The van der Waals surface area contributed by atoms with E-state index in [2.05, 4.69) is 0 Å². The predicted molar refractivity (Wildman–Crippen MR) is 46.1 cm³/mol. The summed E-state index contributed by atoms with van der Waals surface area (Å²) in [6, 6.07) is 0. The van der Waals surface area contributed by atoms with E-state index in [-0.39, 0.29) is 103 Å². The third kappa shape index (κ3) is 15.3. The molecule has 6 N–H and O–H groups in total. The Bertz CT molecular complexity index is 360. The Morgan fingerprint density at radius 2 is 0.900 bits per heavy atom. The van der Waals surface area contributed by atoms with Gasteiger partial charge in [0, 0.05) is 0 Å². The van der Waals surface area contributed by atoms with Crippen LogP contribution in [-0.2, 0) is 18.7 Å². The number of carboxylic acid groups (broad SMARTS) is 2. The van der Waals surface area contributed by atoms with Crippen molar-refractivity contribution in [1.82, 2.24) is 0 Å². The van der Waals surface area contributed by atoms with Crippen molar-refractivity contribution >= 4 is 27.1 Å². The van der Waals surface area contributed by atoms with Crippen molar-refractivity contribution in [1.29, 1.82) is 0 Å². The number of rotatable bonds is 4. The smallest absolute Gasteiger partial charge is 0.547 e. The number of aliphatic hydroxyl groups is 2. The summed E-state index contributed by atoms with van der Waals surface area (Å²) in [5, 5.41) is 35.1. The molecule has 0 heterocycles. The van der Waals surface area contributed by atoms with Gasteiger partial charge in [0.25, 0.3) is 0 Å². The molecule has 2 atom stereocenters. The van der Waals surface area contributed by atoms with Crippen molar-refractivity contribution in [3.05, 3.63) is 0 Å². The fourth-order valence-electron chi connectivity index (χ4n) is 0.275. The van der Waals surface area contributed by atoms with Crippen LogP contribution in [0.4, 0.5) is 0 Å². The molecular weight excluding hydrogens is 380 g/mol. The summed E-state index contributed by atoms with van der Waals surface area (Å²) in [5.74, 6) is -9.78. The summed E-state index contributed by atoms with van der Waals surface area (Å²) in [6.07, 6.45) is 0. The molecule has 0 radical (unpaired) electrons. The van der Waals surface area contributed by atoms with Gasteiger partial charge in [0.1, 0.15) is 0 Å². The normalized spacial score (nSPS) is 13.5. The second kappa shape index (κ2) is 12.8. The number of hydrogen-bond acceptors (Lipinski definition) is 8. The van der Waals surface area contributed by atoms with E-state index in [1.807, 2.05) is 0 Å². The molecule has 0 aliphatic carbocycles. The van der Waals surface area contributed by atoms with E-state index < -0.39 is 38.8 Å². The Morgan fingerprint density at radius 3 is 0.900 bits per heavy atom. The van der Waals surface area contributed by atoms with E-state index in [0.29, 0.717) is 0 Å². The van der Waals surface area contributed by atoms with Crippen LogP contribution in [0.1, 0.15) is 0 Å². The van der Waals surface area contributed by atoms with Gasteiger partial charge in [-0.3, -0.25) is 9.13 Å². The van der Waals surface area contributed by atoms with E-state index in [1.165, 1.54) is 0 Å². The topological polar surface area (TPSA) is 236 Å². The van der Waals surface area contributed by atoms with Gasteiger partial charge in [0.2, 0.25) is 0 Å². The van der Waals surface area contributed by atoms with Gasteiger partial charge >= 0.3 is 118 Å². The third-order valence-electron chi connectivity index (χ3n) is 1.06. The van der Waals surface area contributed by atoms with E-state index in [4.69, 9.17) is 29.8 Å². The average Bonchev–Trinajstić information content (AvgIpc) is 2.13. The van der Waals surface area contributed by atoms with E-state index in [1.54, 1.807) is 0 Å². The van der Waals surface area contributed by atoms with Gasteiger partial charge in [-0.05, 0) is 0 Å². The Hall–Kier alpha value is 2.43. The van der Waals surface area contributed by atoms with Crippen LogP contribution < -0.4 is 113 Å². The summed E-state index contributed by atoms with van der Waals surface area (Å²) in [6.45, 7) is 0. The van der Waals surface area contributed by atoms with Crippen molar-refractivity contribution in [3.63, 3.8) is 0 Å². The molecule has 0 fully saturated rings. The van der Waals surface area contributed by atoms with Gasteiger partial charge in [0.05, 0.1) is 11.9 Å². The number of aliphatic hydroxyl groups excluding tert-OH is 2. The maximum absolute atomic E-state index is 9.80. The minimum absolute atomic E-state index is 0. The Kier molecular flexibility index (Phi) is 19.4. The molecule has 0 aromatic rings. The van der Waals surface area contributed by atoms with Crippen molar-refractivity contribution in [2.75, 3.05) is 0 Å². The molecule has 0 rings (SSSR count). The Balaban J connectivity index is -0.000000116. The van der Waals surface area contributed by atoms with Crippen LogP contribution in [0.15, 0.2) is 0 Å². The fourth-order valence-corrected chi connectivity index (χ4v) is 0.824. The molecular formula is C4H8K2O12P2. The second-order valence-electron chi connectivity index (χ2n) is 2.56. The van der Waals surface area contributed by atoms with Gasteiger partial charge in [-0.2, -0.15) is 0 Å². The van der Waals surface area contributed by atoms with Gasteiger partial charge in [-0.25, -0.2) is 0 Å². The van der Waals surface area contributed by atoms with Crippen LogP contribution in [0.2, 0.25) is 0 Å². The van der Waals surface area contributed by atoms with Crippen molar-refractivity contribution < 1.29 is 161 Å². The largest absolute Gasteiger partial charge is 1.00 e. The first kappa shape index (κ1) is 30.3. The van der Waals surface area contributed by atoms with Gasteiger partial charge in [0.15, 0.2) is 11.7 Å². The Morgan fingerprint density at radius 1 is 0.750 bits per heavy atom. The number of carbonyl (C=O) groups excluding carboxylic acids is 2. The summed E-state index contributed by atoms with van der Waals surface area (Å²) in [7, 11) is -9.84. The molecule has 12 nitrogen and oxygen atoms in total. The molecule has 0 bridgehead atoms. The standard InChI is InChI=1S/2C2H5O6P.2K/c2*3-1(4)2(5)9(6,7)8;;/h2*2,5H,(H,3,4)(H2,6,7,8);;/q;;2*+1/p-2. The molecule has 0 saturated heterocycles. The minimum Gasteiger partial charge on any atom is -0.547 e. The first-order valence-corrected chi connectivity index (χ1v) is 6.95. The van der Waals surface area contributed by atoms with Crippen molar-refractivity contribution in [2.45, 2.75) is 11.7 Å². The first-order chi connectivity index (χ1) is 7.71. The van der Waals surface area contributed by atoms with Crippen LogP contribution in [0.5, 0.6) is 0 Å². The maximum atomic E-state index is 9.80. The average molecular weight is 388 g/mol. The van der Waals surface area contributed by atoms with Crippen LogP contribution in [0, 0.1) is 0 Å². The number of carboxylic acids is 2. The summed E-state index contributed by atoms with van der Waals surface area (Å²) >= 11 is 0. The molecule has 0 amide bonds. The second-order valence-corrected chi connectivity index (χ2v) is 5.90. The van der Waals surface area contributed by atoms with Gasteiger partial charge < -0.3 is 49.6 Å². The van der Waals surface area contributed by atoms with Gasteiger partial charge in [-0.15, -0.1) is 0 Å². The van der Waals surface area contributed by atoms with Crippen LogP contribution in [0.3, 0.4) is 0 Å². The Labute approximate surface area is 196 Å². The molecule has 0 aliphatic rings. The van der Waals surface area contributed by atoms with E-state index >= 15 is 0 Å². The van der Waals surface area contributed by atoms with Crippen LogP contribution in [0.25, 0.3) is 0 Å². The molecule has 20 heavy (non-hydrogen) atoms. The van der Waals surface area contributed by atoms with Crippen molar-refractivity contribution in [2.24, 2.45) is 0 Å². The first-order valence-electron chi connectivity index (χ1n) is 3.59. The molecule has 0 aromatic heterocycles. The molecule has 0 saturated carbocycles.